The Kier molecular flexibility index (Phi) is 4.18. The molecule has 1 fully saturated rings. The molecule has 0 radical (unpaired) electrons. The van der Waals surface area contributed by atoms with Gasteiger partial charge >= 0.3 is 0 Å². The zero-order valence-electron chi connectivity index (χ0n) is 12.1. The quantitative estimate of drug-likeness (QED) is 0.918. The lowest BCUT2D eigenvalue weighted by atomic mass is 9.92. The van der Waals surface area contributed by atoms with Crippen LogP contribution in [0.3, 0.4) is 0 Å². The predicted molar refractivity (Wildman–Crippen MR) is 81.6 cm³/mol. The number of thioether (sulfide) groups is 1. The predicted octanol–water partition coefficient (Wildman–Crippen LogP) is 3.06. The second-order valence-corrected chi connectivity index (χ2v) is 7.48. The molecule has 106 valence electrons. The third-order valence-electron chi connectivity index (χ3n) is 4.44. The minimum absolute atomic E-state index is 0.549. The highest BCUT2D eigenvalue weighted by Gasteiger charge is 2.29. The van der Waals surface area contributed by atoms with Gasteiger partial charge < -0.3 is 5.32 Å². The molecule has 3 atom stereocenters. The summed E-state index contributed by atoms with van der Waals surface area (Å²) in [5.41, 5.74) is 2.78. The molecule has 3 rings (SSSR count). The highest BCUT2D eigenvalue weighted by molar-refractivity contribution is 7.99. The highest BCUT2D eigenvalue weighted by atomic mass is 32.2. The number of aryl methyl sites for hydroxylation is 2. The lowest BCUT2D eigenvalue weighted by molar-refractivity contribution is 0.397. The minimum atomic E-state index is 0.549. The first-order valence-corrected chi connectivity index (χ1v) is 8.71. The summed E-state index contributed by atoms with van der Waals surface area (Å²) in [5.74, 6) is 1.26. The van der Waals surface area contributed by atoms with Crippen molar-refractivity contribution in [3.8, 4) is 0 Å². The zero-order chi connectivity index (χ0) is 13.2. The number of hydrogen-bond donors (Lipinski definition) is 1. The van der Waals surface area contributed by atoms with E-state index in [9.17, 15) is 0 Å². The molecule has 1 heterocycles. The smallest absolute Gasteiger partial charge is 0.0672 e. The summed E-state index contributed by atoms with van der Waals surface area (Å²) in [7, 11) is 2.04. The van der Waals surface area contributed by atoms with Gasteiger partial charge in [-0.3, -0.25) is 4.68 Å². The van der Waals surface area contributed by atoms with E-state index in [1.54, 1.807) is 0 Å². The average molecular weight is 279 g/mol. The van der Waals surface area contributed by atoms with Gasteiger partial charge in [-0.25, -0.2) is 0 Å². The van der Waals surface area contributed by atoms with Crippen LogP contribution in [0.1, 0.15) is 56.3 Å². The summed E-state index contributed by atoms with van der Waals surface area (Å²) in [4.78, 5) is 0. The van der Waals surface area contributed by atoms with Crippen LogP contribution >= 0.6 is 11.8 Å². The molecule has 2 aliphatic rings. The molecule has 1 aromatic heterocycles. The lowest BCUT2D eigenvalue weighted by Gasteiger charge is -2.26. The molecule has 0 aromatic carbocycles. The van der Waals surface area contributed by atoms with E-state index >= 15 is 0 Å². The Balaban J connectivity index is 1.62. The molecular formula is C15H25N3S. The van der Waals surface area contributed by atoms with Crippen molar-refractivity contribution in [2.75, 3.05) is 5.75 Å². The van der Waals surface area contributed by atoms with Crippen molar-refractivity contribution >= 4 is 11.8 Å². The SMILES string of the molecule is CCS[C@@H]1CC[C@@H](N[C@@H]2CCCc3nn(C)cc32)C1. The number of nitrogens with zero attached hydrogens (tertiary/aromatic N) is 2. The van der Waals surface area contributed by atoms with Crippen molar-refractivity contribution in [3.05, 3.63) is 17.5 Å². The largest absolute Gasteiger partial charge is 0.307 e. The number of nitrogens with one attached hydrogen (secondary N) is 1. The fourth-order valence-electron chi connectivity index (χ4n) is 3.60. The summed E-state index contributed by atoms with van der Waals surface area (Å²) >= 11 is 2.14. The first kappa shape index (κ1) is 13.5. The fraction of sp³-hybridized carbons (Fsp3) is 0.800. The zero-order valence-corrected chi connectivity index (χ0v) is 12.9. The van der Waals surface area contributed by atoms with Crippen molar-refractivity contribution in [1.82, 2.24) is 15.1 Å². The Morgan fingerprint density at radius 2 is 2.32 bits per heavy atom. The standard InChI is InChI=1S/C15H25N3S/c1-3-19-12-8-7-11(9-12)16-14-5-4-6-15-13(14)10-18(2)17-15/h10-12,14,16H,3-9H2,1-2H3/t11-,12-,14-/m1/s1. The van der Waals surface area contributed by atoms with Gasteiger partial charge in [0.05, 0.1) is 5.69 Å². The van der Waals surface area contributed by atoms with E-state index in [2.05, 4.69) is 35.3 Å². The topological polar surface area (TPSA) is 29.9 Å². The molecule has 2 aliphatic carbocycles. The fourth-order valence-corrected chi connectivity index (χ4v) is 4.75. The van der Waals surface area contributed by atoms with Crippen LogP contribution in [0.4, 0.5) is 0 Å². The summed E-state index contributed by atoms with van der Waals surface area (Å²) in [6.07, 6.45) is 10.0. The van der Waals surface area contributed by atoms with Gasteiger partial charge in [0.1, 0.15) is 0 Å². The maximum Gasteiger partial charge on any atom is 0.0672 e. The second kappa shape index (κ2) is 5.88. The summed E-state index contributed by atoms with van der Waals surface area (Å²) in [6, 6.07) is 1.27. The van der Waals surface area contributed by atoms with Crippen LogP contribution < -0.4 is 5.32 Å². The Labute approximate surface area is 120 Å². The molecule has 1 saturated carbocycles. The normalized spacial score (nSPS) is 30.5. The molecule has 0 bridgehead atoms. The van der Waals surface area contributed by atoms with E-state index < -0.39 is 0 Å². The number of hydrogen-bond acceptors (Lipinski definition) is 3. The molecule has 1 aromatic rings. The van der Waals surface area contributed by atoms with Crippen molar-refractivity contribution in [2.45, 2.75) is 62.8 Å². The average Bonchev–Trinajstić information content (AvgIpc) is 2.96. The second-order valence-electron chi connectivity index (χ2n) is 5.90. The van der Waals surface area contributed by atoms with Crippen molar-refractivity contribution in [3.63, 3.8) is 0 Å². The van der Waals surface area contributed by atoms with Crippen LogP contribution in [0.25, 0.3) is 0 Å². The van der Waals surface area contributed by atoms with Crippen LogP contribution in [-0.2, 0) is 13.5 Å². The number of aromatic nitrogens is 2. The van der Waals surface area contributed by atoms with Crippen LogP contribution in [0.2, 0.25) is 0 Å². The van der Waals surface area contributed by atoms with Gasteiger partial charge in [-0.15, -0.1) is 0 Å². The summed E-state index contributed by atoms with van der Waals surface area (Å²) in [6.45, 7) is 2.27. The van der Waals surface area contributed by atoms with E-state index in [4.69, 9.17) is 0 Å². The summed E-state index contributed by atoms with van der Waals surface area (Å²) < 4.78 is 1.98. The van der Waals surface area contributed by atoms with Gasteiger partial charge in [0.15, 0.2) is 0 Å². The molecule has 0 amide bonds. The van der Waals surface area contributed by atoms with Gasteiger partial charge in [-0.1, -0.05) is 6.92 Å². The van der Waals surface area contributed by atoms with Gasteiger partial charge in [-0.2, -0.15) is 16.9 Å². The molecule has 0 spiro atoms. The lowest BCUT2D eigenvalue weighted by Crippen LogP contribution is -2.33. The maximum absolute atomic E-state index is 4.59. The first-order valence-electron chi connectivity index (χ1n) is 7.66. The minimum Gasteiger partial charge on any atom is -0.307 e. The monoisotopic (exact) mass is 279 g/mol. The van der Waals surface area contributed by atoms with E-state index in [1.807, 2.05) is 11.7 Å². The molecular weight excluding hydrogens is 254 g/mol. The highest BCUT2D eigenvalue weighted by Crippen LogP contribution is 2.34. The van der Waals surface area contributed by atoms with Gasteiger partial charge in [0.2, 0.25) is 0 Å². The van der Waals surface area contributed by atoms with E-state index in [0.717, 1.165) is 17.7 Å². The van der Waals surface area contributed by atoms with Gasteiger partial charge in [0, 0.05) is 36.1 Å². The van der Waals surface area contributed by atoms with E-state index in [-0.39, 0.29) is 0 Å². The maximum atomic E-state index is 4.59. The van der Waals surface area contributed by atoms with Crippen LogP contribution in [0.5, 0.6) is 0 Å². The molecule has 3 nitrogen and oxygen atoms in total. The number of fused-ring (bicyclic) bond motifs is 1. The van der Waals surface area contributed by atoms with Gasteiger partial charge in [-0.05, 0) is 44.3 Å². The number of rotatable bonds is 4. The van der Waals surface area contributed by atoms with Gasteiger partial charge in [0.25, 0.3) is 0 Å². The Hall–Kier alpha value is -0.480. The van der Waals surface area contributed by atoms with Crippen molar-refractivity contribution < 1.29 is 0 Å². The van der Waals surface area contributed by atoms with Crippen LogP contribution in [0, 0.1) is 0 Å². The van der Waals surface area contributed by atoms with E-state index in [1.165, 1.54) is 49.1 Å². The third kappa shape index (κ3) is 3.00. The Morgan fingerprint density at radius 3 is 3.16 bits per heavy atom. The van der Waals surface area contributed by atoms with Crippen molar-refractivity contribution in [2.24, 2.45) is 7.05 Å². The molecule has 19 heavy (non-hydrogen) atoms. The molecule has 0 aliphatic heterocycles. The molecule has 1 N–H and O–H groups in total. The Morgan fingerprint density at radius 1 is 1.42 bits per heavy atom. The summed E-state index contributed by atoms with van der Waals surface area (Å²) in [5, 5.41) is 9.39. The molecule has 4 heteroatoms. The van der Waals surface area contributed by atoms with Crippen LogP contribution in [0.15, 0.2) is 6.20 Å². The Bertz CT molecular complexity index is 429. The third-order valence-corrected chi connectivity index (χ3v) is 5.68. The van der Waals surface area contributed by atoms with Crippen molar-refractivity contribution in [1.29, 1.82) is 0 Å². The molecule has 0 saturated heterocycles. The van der Waals surface area contributed by atoms with Crippen LogP contribution in [-0.4, -0.2) is 26.8 Å². The first-order chi connectivity index (χ1) is 9.26. The van der Waals surface area contributed by atoms with E-state index in [0.29, 0.717) is 6.04 Å². The molecule has 0 unspecified atom stereocenters.